The van der Waals surface area contributed by atoms with Crippen molar-refractivity contribution in [1.82, 2.24) is 0 Å². The topological polar surface area (TPSA) is 20.2 Å². The van der Waals surface area contributed by atoms with E-state index in [0.29, 0.717) is 17.6 Å². The summed E-state index contributed by atoms with van der Waals surface area (Å²) in [4.78, 5) is 0. The maximum absolute atomic E-state index is 9.58. The minimum atomic E-state index is 0.502. The van der Waals surface area contributed by atoms with Crippen LogP contribution in [0.4, 0.5) is 0 Å². The zero-order chi connectivity index (χ0) is 8.55. The number of fused-ring (bicyclic) bond motifs is 1. The summed E-state index contributed by atoms with van der Waals surface area (Å²) in [6, 6.07) is 0. The molecular weight excluding hydrogens is 148 g/mol. The van der Waals surface area contributed by atoms with Gasteiger partial charge >= 0.3 is 0 Å². The van der Waals surface area contributed by atoms with Gasteiger partial charge < -0.3 is 5.11 Å². The summed E-state index contributed by atoms with van der Waals surface area (Å²) in [5.41, 5.74) is 1.14. The lowest BCUT2D eigenvalue weighted by Gasteiger charge is -2.30. The second kappa shape index (κ2) is 2.81. The van der Waals surface area contributed by atoms with Crippen LogP contribution >= 0.6 is 0 Å². The fourth-order valence-electron chi connectivity index (χ4n) is 2.04. The van der Waals surface area contributed by atoms with E-state index < -0.39 is 0 Å². The number of hydrogen-bond acceptors (Lipinski definition) is 1. The molecule has 2 aliphatic carbocycles. The lowest BCUT2D eigenvalue weighted by Crippen LogP contribution is -2.20. The zero-order valence-electron chi connectivity index (χ0n) is 7.33. The molecule has 0 aliphatic heterocycles. The molecule has 2 aliphatic rings. The molecule has 0 fully saturated rings. The van der Waals surface area contributed by atoms with Gasteiger partial charge in [0.25, 0.3) is 0 Å². The number of hydrogen-bond donors (Lipinski definition) is 1. The van der Waals surface area contributed by atoms with Crippen LogP contribution in [0, 0.1) is 11.8 Å². The van der Waals surface area contributed by atoms with E-state index in [4.69, 9.17) is 0 Å². The average molecular weight is 162 g/mol. The van der Waals surface area contributed by atoms with Crippen molar-refractivity contribution in [3.63, 3.8) is 0 Å². The Kier molecular flexibility index (Phi) is 1.80. The molecule has 0 heterocycles. The van der Waals surface area contributed by atoms with E-state index >= 15 is 0 Å². The second-order valence-electron chi connectivity index (χ2n) is 3.69. The smallest absolute Gasteiger partial charge is 0.115 e. The third-order valence-electron chi connectivity index (χ3n) is 2.87. The lowest BCUT2D eigenvalue weighted by atomic mass is 9.76. The van der Waals surface area contributed by atoms with Gasteiger partial charge in [0.2, 0.25) is 0 Å². The molecule has 1 heteroatoms. The molecule has 1 N–H and O–H groups in total. The van der Waals surface area contributed by atoms with E-state index in [9.17, 15) is 5.11 Å². The molecule has 0 radical (unpaired) electrons. The van der Waals surface area contributed by atoms with Crippen LogP contribution in [-0.4, -0.2) is 5.11 Å². The van der Waals surface area contributed by atoms with Gasteiger partial charge in [0.1, 0.15) is 5.76 Å². The number of allylic oxidation sites excluding steroid dienone is 5. The fraction of sp³-hybridized carbons (Fsp3) is 0.455. The van der Waals surface area contributed by atoms with Crippen LogP contribution in [0.3, 0.4) is 0 Å². The maximum Gasteiger partial charge on any atom is 0.115 e. The molecule has 0 aromatic heterocycles. The predicted octanol–water partition coefficient (Wildman–Crippen LogP) is 2.97. The van der Waals surface area contributed by atoms with Crippen LogP contribution in [0.15, 0.2) is 35.6 Å². The van der Waals surface area contributed by atoms with Crippen molar-refractivity contribution in [3.05, 3.63) is 35.6 Å². The molecule has 2 unspecified atom stereocenters. The highest BCUT2D eigenvalue weighted by Crippen LogP contribution is 2.37. The molecule has 0 saturated heterocycles. The quantitative estimate of drug-likeness (QED) is 0.580. The highest BCUT2D eigenvalue weighted by molar-refractivity contribution is 5.36. The summed E-state index contributed by atoms with van der Waals surface area (Å²) in [5.74, 6) is 1.74. The molecule has 12 heavy (non-hydrogen) atoms. The monoisotopic (exact) mass is 162 g/mol. The summed E-state index contributed by atoms with van der Waals surface area (Å²) in [6.07, 6.45) is 10.3. The first kappa shape index (κ1) is 7.66. The van der Waals surface area contributed by atoms with Crippen molar-refractivity contribution in [2.24, 2.45) is 11.8 Å². The summed E-state index contributed by atoms with van der Waals surface area (Å²) in [5, 5.41) is 9.58. The molecule has 1 nitrogen and oxygen atoms in total. The van der Waals surface area contributed by atoms with Gasteiger partial charge in [0.15, 0.2) is 0 Å². The van der Waals surface area contributed by atoms with Gasteiger partial charge in [-0.1, -0.05) is 25.2 Å². The van der Waals surface area contributed by atoms with Gasteiger partial charge in [-0.2, -0.15) is 0 Å². The Balaban J connectivity index is 2.36. The molecule has 64 valence electrons. The highest BCUT2D eigenvalue weighted by atomic mass is 16.3. The van der Waals surface area contributed by atoms with E-state index in [2.05, 4.69) is 13.0 Å². The van der Waals surface area contributed by atoms with E-state index in [1.165, 1.54) is 0 Å². The first-order chi connectivity index (χ1) is 5.79. The van der Waals surface area contributed by atoms with Crippen LogP contribution in [0.25, 0.3) is 0 Å². The summed E-state index contributed by atoms with van der Waals surface area (Å²) in [6.45, 7) is 2.25. The van der Waals surface area contributed by atoms with E-state index in [0.717, 1.165) is 18.4 Å². The van der Waals surface area contributed by atoms with Crippen molar-refractivity contribution in [1.29, 1.82) is 0 Å². The Morgan fingerprint density at radius 3 is 3.00 bits per heavy atom. The largest absolute Gasteiger partial charge is 0.508 e. The van der Waals surface area contributed by atoms with Crippen molar-refractivity contribution < 1.29 is 5.11 Å². The standard InChI is InChI=1S/C11H14O/c1-8-6-7-11(12)10-5-3-2-4-9(8)10/h2-3,5,7-9,12H,4,6H2,1H3. The Bertz CT molecular complexity index is 271. The van der Waals surface area contributed by atoms with Gasteiger partial charge in [0, 0.05) is 0 Å². The third-order valence-corrected chi connectivity index (χ3v) is 2.87. The molecular formula is C11H14O. The molecule has 0 amide bonds. The van der Waals surface area contributed by atoms with Crippen LogP contribution in [-0.2, 0) is 0 Å². The molecule has 0 bridgehead atoms. The molecule has 0 aromatic rings. The molecule has 0 saturated carbocycles. The Morgan fingerprint density at radius 1 is 1.42 bits per heavy atom. The molecule has 2 atom stereocenters. The van der Waals surface area contributed by atoms with Gasteiger partial charge in [-0.15, -0.1) is 0 Å². The van der Waals surface area contributed by atoms with Crippen molar-refractivity contribution >= 4 is 0 Å². The fourth-order valence-corrected chi connectivity index (χ4v) is 2.04. The van der Waals surface area contributed by atoms with Crippen molar-refractivity contribution in [3.8, 4) is 0 Å². The van der Waals surface area contributed by atoms with Gasteiger partial charge in [-0.25, -0.2) is 0 Å². The SMILES string of the molecule is CC1CC=C(O)C2=CC=CCC21. The normalized spacial score (nSPS) is 33.8. The van der Waals surface area contributed by atoms with Crippen LogP contribution in [0.2, 0.25) is 0 Å². The minimum Gasteiger partial charge on any atom is -0.508 e. The lowest BCUT2D eigenvalue weighted by molar-refractivity contribution is 0.331. The molecule has 0 aromatic carbocycles. The first-order valence-electron chi connectivity index (χ1n) is 4.55. The average Bonchev–Trinajstić information content (AvgIpc) is 2.12. The van der Waals surface area contributed by atoms with Crippen molar-refractivity contribution in [2.75, 3.05) is 0 Å². The van der Waals surface area contributed by atoms with E-state index in [-0.39, 0.29) is 0 Å². The maximum atomic E-state index is 9.58. The number of aliphatic hydroxyl groups is 1. The van der Waals surface area contributed by atoms with Gasteiger partial charge in [-0.3, -0.25) is 0 Å². The summed E-state index contributed by atoms with van der Waals surface area (Å²) >= 11 is 0. The molecule has 0 spiro atoms. The van der Waals surface area contributed by atoms with Crippen LogP contribution < -0.4 is 0 Å². The van der Waals surface area contributed by atoms with Crippen LogP contribution in [0.5, 0.6) is 0 Å². The molecule has 2 rings (SSSR count). The number of rotatable bonds is 0. The Labute approximate surface area is 73.1 Å². The predicted molar refractivity (Wildman–Crippen MR) is 49.8 cm³/mol. The first-order valence-corrected chi connectivity index (χ1v) is 4.55. The highest BCUT2D eigenvalue weighted by Gasteiger charge is 2.27. The Hall–Kier alpha value is -0.980. The number of aliphatic hydroxyl groups excluding tert-OH is 1. The summed E-state index contributed by atoms with van der Waals surface area (Å²) < 4.78 is 0. The van der Waals surface area contributed by atoms with Gasteiger partial charge in [0.05, 0.1) is 0 Å². The zero-order valence-corrected chi connectivity index (χ0v) is 7.33. The minimum absolute atomic E-state index is 0.502. The second-order valence-corrected chi connectivity index (χ2v) is 3.69. The van der Waals surface area contributed by atoms with Crippen molar-refractivity contribution in [2.45, 2.75) is 19.8 Å². The third kappa shape index (κ3) is 1.09. The van der Waals surface area contributed by atoms with Crippen LogP contribution in [0.1, 0.15) is 19.8 Å². The summed E-state index contributed by atoms with van der Waals surface area (Å²) in [7, 11) is 0. The van der Waals surface area contributed by atoms with E-state index in [1.807, 2.05) is 18.2 Å². The van der Waals surface area contributed by atoms with E-state index in [1.54, 1.807) is 0 Å². The van der Waals surface area contributed by atoms with Gasteiger partial charge in [-0.05, 0) is 36.3 Å². The Morgan fingerprint density at radius 2 is 2.25 bits per heavy atom.